The molecule has 31 heavy (non-hydrogen) atoms. The lowest BCUT2D eigenvalue weighted by molar-refractivity contribution is 0.0948. The molecule has 4 aromatic rings. The molecule has 0 saturated heterocycles. The molecule has 0 saturated carbocycles. The van der Waals surface area contributed by atoms with Crippen molar-refractivity contribution in [3.05, 3.63) is 95.9 Å². The van der Waals surface area contributed by atoms with E-state index in [4.69, 9.17) is 9.15 Å². The summed E-state index contributed by atoms with van der Waals surface area (Å²) >= 11 is 1.57. The van der Waals surface area contributed by atoms with Gasteiger partial charge in [0.05, 0.1) is 25.6 Å². The average Bonchev–Trinajstić information content (AvgIpc) is 3.35. The molecular formula is C24H21N3O3S. The van der Waals surface area contributed by atoms with E-state index in [-0.39, 0.29) is 5.91 Å². The van der Waals surface area contributed by atoms with Crippen LogP contribution in [-0.4, -0.2) is 23.2 Å². The summed E-state index contributed by atoms with van der Waals surface area (Å²) in [6.45, 7) is 0.362. The van der Waals surface area contributed by atoms with Gasteiger partial charge in [0.2, 0.25) is 0 Å². The van der Waals surface area contributed by atoms with Crippen molar-refractivity contribution in [1.82, 2.24) is 15.5 Å². The van der Waals surface area contributed by atoms with Crippen molar-refractivity contribution in [2.75, 3.05) is 7.11 Å². The first kappa shape index (κ1) is 20.7. The predicted octanol–water partition coefficient (Wildman–Crippen LogP) is 4.97. The van der Waals surface area contributed by atoms with Crippen molar-refractivity contribution >= 4 is 17.7 Å². The number of aromatic nitrogens is 2. The number of rotatable bonds is 8. The first-order valence-corrected chi connectivity index (χ1v) is 10.7. The number of hydrogen-bond acceptors (Lipinski definition) is 6. The normalized spacial score (nSPS) is 10.6. The number of nitrogens with one attached hydrogen (secondary N) is 1. The molecule has 2 aromatic carbocycles. The van der Waals surface area contributed by atoms with Crippen LogP contribution in [0.4, 0.5) is 0 Å². The summed E-state index contributed by atoms with van der Waals surface area (Å²) in [4.78, 5) is 12.4. The monoisotopic (exact) mass is 431 g/mol. The molecule has 0 spiro atoms. The minimum absolute atomic E-state index is 0.133. The molecule has 0 bridgehead atoms. The SMILES string of the molecule is COc1ccc(-c2ccc(SCc3cccc(C(=O)NCc4ccco4)c3)nn2)cc1. The fraction of sp³-hybridized carbons (Fsp3) is 0.125. The highest BCUT2D eigenvalue weighted by Gasteiger charge is 2.08. The number of hydrogen-bond donors (Lipinski definition) is 1. The van der Waals surface area contributed by atoms with Gasteiger partial charge >= 0.3 is 0 Å². The lowest BCUT2D eigenvalue weighted by Crippen LogP contribution is -2.22. The van der Waals surface area contributed by atoms with Gasteiger partial charge in [-0.3, -0.25) is 4.79 Å². The number of amides is 1. The Hall–Kier alpha value is -3.58. The molecule has 1 amide bonds. The topological polar surface area (TPSA) is 77.2 Å². The fourth-order valence-corrected chi connectivity index (χ4v) is 3.71. The van der Waals surface area contributed by atoms with Gasteiger partial charge < -0.3 is 14.5 Å². The summed E-state index contributed by atoms with van der Waals surface area (Å²) in [7, 11) is 1.64. The van der Waals surface area contributed by atoms with Crippen LogP contribution < -0.4 is 10.1 Å². The van der Waals surface area contributed by atoms with Crippen LogP contribution in [0.15, 0.2) is 88.5 Å². The van der Waals surface area contributed by atoms with Gasteiger partial charge in [-0.05, 0) is 66.2 Å². The zero-order chi connectivity index (χ0) is 21.5. The number of ether oxygens (including phenoxy) is 1. The molecule has 0 aliphatic rings. The summed E-state index contributed by atoms with van der Waals surface area (Å²) in [5.74, 6) is 2.08. The molecule has 0 fully saturated rings. The maximum absolute atomic E-state index is 12.4. The van der Waals surface area contributed by atoms with E-state index in [0.717, 1.165) is 33.4 Å². The van der Waals surface area contributed by atoms with E-state index in [1.54, 1.807) is 37.3 Å². The van der Waals surface area contributed by atoms with Crippen LogP contribution in [0.1, 0.15) is 21.7 Å². The predicted molar refractivity (Wildman–Crippen MR) is 120 cm³/mol. The third kappa shape index (κ3) is 5.52. The minimum atomic E-state index is -0.133. The van der Waals surface area contributed by atoms with E-state index in [9.17, 15) is 4.79 Å². The summed E-state index contributed by atoms with van der Waals surface area (Å²) in [6.07, 6.45) is 1.59. The number of carbonyl (C=O) groups is 1. The number of nitrogens with zero attached hydrogens (tertiary/aromatic N) is 2. The molecular weight excluding hydrogens is 410 g/mol. The number of thioether (sulfide) groups is 1. The van der Waals surface area contributed by atoms with Crippen molar-refractivity contribution in [3.8, 4) is 17.0 Å². The van der Waals surface area contributed by atoms with Gasteiger partial charge in [-0.15, -0.1) is 10.2 Å². The van der Waals surface area contributed by atoms with Gasteiger partial charge in [0.15, 0.2) is 0 Å². The summed E-state index contributed by atoms with van der Waals surface area (Å²) in [5, 5.41) is 12.3. The highest BCUT2D eigenvalue weighted by atomic mass is 32.2. The molecule has 0 aliphatic heterocycles. The van der Waals surface area contributed by atoms with E-state index in [1.165, 1.54) is 0 Å². The number of benzene rings is 2. The molecule has 6 nitrogen and oxygen atoms in total. The maximum Gasteiger partial charge on any atom is 0.251 e. The van der Waals surface area contributed by atoms with Crippen LogP contribution >= 0.6 is 11.8 Å². The Balaban J connectivity index is 1.34. The van der Waals surface area contributed by atoms with Crippen LogP contribution in [0, 0.1) is 0 Å². The zero-order valence-corrected chi connectivity index (χ0v) is 17.8. The zero-order valence-electron chi connectivity index (χ0n) is 16.9. The Bertz CT molecular complexity index is 1130. The van der Waals surface area contributed by atoms with Gasteiger partial charge in [0, 0.05) is 16.9 Å². The van der Waals surface area contributed by atoms with Crippen molar-refractivity contribution in [2.24, 2.45) is 0 Å². The second kappa shape index (κ2) is 9.95. The minimum Gasteiger partial charge on any atom is -0.497 e. The lowest BCUT2D eigenvalue weighted by Gasteiger charge is -2.07. The standard InChI is InChI=1S/C24H21N3O3S/c1-29-20-9-7-18(8-10-20)22-11-12-23(27-26-22)31-16-17-4-2-5-19(14-17)24(28)25-15-21-6-3-13-30-21/h2-14H,15-16H2,1H3,(H,25,28). The van der Waals surface area contributed by atoms with Crippen molar-refractivity contribution < 1.29 is 13.9 Å². The van der Waals surface area contributed by atoms with Gasteiger partial charge in [-0.2, -0.15) is 0 Å². The highest BCUT2D eigenvalue weighted by Crippen LogP contribution is 2.24. The molecule has 0 aliphatic carbocycles. The molecule has 4 rings (SSSR count). The first-order valence-electron chi connectivity index (χ1n) is 9.72. The Labute approximate surface area is 184 Å². The Morgan fingerprint density at radius 2 is 1.90 bits per heavy atom. The number of carbonyl (C=O) groups excluding carboxylic acids is 1. The second-order valence-electron chi connectivity index (χ2n) is 6.74. The summed E-state index contributed by atoms with van der Waals surface area (Å²) in [6, 6.07) is 22.8. The molecule has 7 heteroatoms. The third-order valence-corrected chi connectivity index (χ3v) is 5.60. The van der Waals surface area contributed by atoms with Crippen LogP contribution in [0.5, 0.6) is 5.75 Å². The maximum atomic E-state index is 12.4. The molecule has 0 unspecified atom stereocenters. The van der Waals surface area contributed by atoms with E-state index in [0.29, 0.717) is 17.9 Å². The van der Waals surface area contributed by atoms with Crippen molar-refractivity contribution in [2.45, 2.75) is 17.3 Å². The van der Waals surface area contributed by atoms with E-state index in [1.807, 2.05) is 60.7 Å². The van der Waals surface area contributed by atoms with Gasteiger partial charge in [0.1, 0.15) is 16.5 Å². The summed E-state index contributed by atoms with van der Waals surface area (Å²) in [5.41, 5.74) is 3.45. The third-order valence-electron chi connectivity index (χ3n) is 4.61. The van der Waals surface area contributed by atoms with Crippen LogP contribution in [0.2, 0.25) is 0 Å². The lowest BCUT2D eigenvalue weighted by atomic mass is 10.1. The van der Waals surface area contributed by atoms with Gasteiger partial charge in [-0.25, -0.2) is 0 Å². The van der Waals surface area contributed by atoms with E-state index in [2.05, 4.69) is 15.5 Å². The first-order chi connectivity index (χ1) is 15.2. The Kier molecular flexibility index (Phi) is 6.64. The van der Waals surface area contributed by atoms with Gasteiger partial charge in [-0.1, -0.05) is 23.9 Å². The largest absolute Gasteiger partial charge is 0.497 e. The average molecular weight is 432 g/mol. The summed E-state index contributed by atoms with van der Waals surface area (Å²) < 4.78 is 10.4. The Morgan fingerprint density at radius 1 is 1.03 bits per heavy atom. The quantitative estimate of drug-likeness (QED) is 0.397. The number of methoxy groups -OCH3 is 1. The molecule has 2 aromatic heterocycles. The van der Waals surface area contributed by atoms with E-state index < -0.39 is 0 Å². The van der Waals surface area contributed by atoms with E-state index >= 15 is 0 Å². The fourth-order valence-electron chi connectivity index (χ4n) is 2.96. The Morgan fingerprint density at radius 3 is 2.61 bits per heavy atom. The molecule has 0 atom stereocenters. The second-order valence-corrected chi connectivity index (χ2v) is 7.73. The molecule has 0 radical (unpaired) electrons. The van der Waals surface area contributed by atoms with Gasteiger partial charge in [0.25, 0.3) is 5.91 Å². The van der Waals surface area contributed by atoms with Crippen LogP contribution in [-0.2, 0) is 12.3 Å². The van der Waals surface area contributed by atoms with Crippen LogP contribution in [0.3, 0.4) is 0 Å². The van der Waals surface area contributed by atoms with Crippen molar-refractivity contribution in [1.29, 1.82) is 0 Å². The molecule has 156 valence electrons. The smallest absolute Gasteiger partial charge is 0.251 e. The van der Waals surface area contributed by atoms with Crippen molar-refractivity contribution in [3.63, 3.8) is 0 Å². The molecule has 1 N–H and O–H groups in total. The molecule has 2 heterocycles. The number of furan rings is 1. The van der Waals surface area contributed by atoms with Crippen LogP contribution in [0.25, 0.3) is 11.3 Å². The highest BCUT2D eigenvalue weighted by molar-refractivity contribution is 7.98.